The van der Waals surface area contributed by atoms with E-state index >= 15 is 0 Å². The van der Waals surface area contributed by atoms with E-state index in [1.807, 2.05) is 6.92 Å². The van der Waals surface area contributed by atoms with Crippen LogP contribution in [0.15, 0.2) is 23.3 Å². The zero-order valence-electron chi connectivity index (χ0n) is 20.1. The molecule has 11 heteroatoms. The van der Waals surface area contributed by atoms with Crippen molar-refractivity contribution in [1.29, 1.82) is 0 Å². The summed E-state index contributed by atoms with van der Waals surface area (Å²) in [6, 6.07) is 3.34. The van der Waals surface area contributed by atoms with E-state index in [9.17, 15) is 14.4 Å². The summed E-state index contributed by atoms with van der Waals surface area (Å²) >= 11 is 0. The van der Waals surface area contributed by atoms with Gasteiger partial charge in [0.1, 0.15) is 35.0 Å². The number of halogens is 1. The molecular formula is C25H30ClN7O3. The van der Waals surface area contributed by atoms with Gasteiger partial charge >= 0.3 is 0 Å². The van der Waals surface area contributed by atoms with Gasteiger partial charge in [-0.2, -0.15) is 0 Å². The highest BCUT2D eigenvalue weighted by molar-refractivity contribution is 5.97. The molecule has 36 heavy (non-hydrogen) atoms. The monoisotopic (exact) mass is 511 g/mol. The molecule has 3 aliphatic carbocycles. The SMILES string of the molecule is Cc1cc(Nc2cc(NC(=O)C3[C@H]4CNC[C@@H]34)ncn2)c(=O)n2c1C(=O)NC21CCC2(CC2)CC1.Cl. The summed E-state index contributed by atoms with van der Waals surface area (Å²) in [4.78, 5) is 47.6. The van der Waals surface area contributed by atoms with Crippen LogP contribution in [-0.2, 0) is 10.5 Å². The number of fused-ring (bicyclic) bond motifs is 3. The Morgan fingerprint density at radius 3 is 2.39 bits per heavy atom. The van der Waals surface area contributed by atoms with Crippen LogP contribution in [0.4, 0.5) is 17.3 Å². The number of carbonyl (C=O) groups is 2. The number of nitrogens with one attached hydrogen (secondary N) is 4. The molecule has 7 rings (SSSR count). The van der Waals surface area contributed by atoms with Gasteiger partial charge in [0.2, 0.25) is 5.91 Å². The summed E-state index contributed by atoms with van der Waals surface area (Å²) in [7, 11) is 0. The number of hydrogen-bond donors (Lipinski definition) is 4. The minimum atomic E-state index is -0.651. The van der Waals surface area contributed by atoms with Gasteiger partial charge in [0.25, 0.3) is 11.5 Å². The molecule has 0 radical (unpaired) electrons. The number of nitrogens with zero attached hydrogens (tertiary/aromatic N) is 3. The smallest absolute Gasteiger partial charge is 0.276 e. The van der Waals surface area contributed by atoms with Crippen molar-refractivity contribution >= 4 is 41.5 Å². The third-order valence-electron chi connectivity index (χ3n) is 9.05. The van der Waals surface area contributed by atoms with Gasteiger partial charge in [-0.05, 0) is 87.4 Å². The topological polar surface area (TPSA) is 130 Å². The van der Waals surface area contributed by atoms with Gasteiger partial charge in [0.15, 0.2) is 0 Å². The molecule has 0 bridgehead atoms. The lowest BCUT2D eigenvalue weighted by molar-refractivity contribution is -0.118. The second-order valence-electron chi connectivity index (χ2n) is 11.1. The summed E-state index contributed by atoms with van der Waals surface area (Å²) in [5.41, 5.74) is 1.09. The van der Waals surface area contributed by atoms with Crippen molar-refractivity contribution in [3.8, 4) is 0 Å². The number of piperidine rings is 1. The minimum absolute atomic E-state index is 0. The molecule has 5 aliphatic rings. The molecular weight excluding hydrogens is 482 g/mol. The fraction of sp³-hybridized carbons (Fsp3) is 0.560. The maximum Gasteiger partial charge on any atom is 0.276 e. The van der Waals surface area contributed by atoms with E-state index in [-0.39, 0.29) is 35.7 Å². The first-order chi connectivity index (χ1) is 16.9. The summed E-state index contributed by atoms with van der Waals surface area (Å²) in [6.07, 6.45) is 7.49. The quantitative estimate of drug-likeness (QED) is 0.495. The van der Waals surface area contributed by atoms with Crippen LogP contribution in [0.2, 0.25) is 0 Å². The maximum absolute atomic E-state index is 13.7. The van der Waals surface area contributed by atoms with Crippen molar-refractivity contribution in [1.82, 2.24) is 25.2 Å². The van der Waals surface area contributed by atoms with E-state index in [1.54, 1.807) is 16.7 Å². The highest BCUT2D eigenvalue weighted by atomic mass is 35.5. The molecule has 2 aliphatic heterocycles. The van der Waals surface area contributed by atoms with Gasteiger partial charge in [-0.1, -0.05) is 0 Å². The molecule has 4 fully saturated rings. The number of aromatic nitrogens is 3. The number of hydrogen-bond acceptors (Lipinski definition) is 7. The largest absolute Gasteiger partial charge is 0.336 e. The molecule has 0 aromatic carbocycles. The molecule has 10 nitrogen and oxygen atoms in total. The molecule has 2 amide bonds. The van der Waals surface area contributed by atoms with E-state index < -0.39 is 5.66 Å². The van der Waals surface area contributed by atoms with Gasteiger partial charge in [-0.25, -0.2) is 9.97 Å². The average Bonchev–Trinajstić information content (AvgIpc) is 3.67. The Hall–Kier alpha value is -2.98. The zero-order valence-corrected chi connectivity index (χ0v) is 20.9. The number of anilines is 3. The Labute approximate surface area is 214 Å². The van der Waals surface area contributed by atoms with Crippen molar-refractivity contribution in [2.75, 3.05) is 23.7 Å². The van der Waals surface area contributed by atoms with Crippen LogP contribution >= 0.6 is 12.4 Å². The van der Waals surface area contributed by atoms with Crippen molar-refractivity contribution in [2.24, 2.45) is 23.2 Å². The molecule has 3 atom stereocenters. The van der Waals surface area contributed by atoms with Gasteiger partial charge in [0, 0.05) is 12.0 Å². The lowest BCUT2D eigenvalue weighted by Gasteiger charge is -2.39. The van der Waals surface area contributed by atoms with E-state index in [4.69, 9.17) is 0 Å². The molecule has 2 aromatic rings. The molecule has 4 N–H and O–H groups in total. The number of amides is 2. The molecule has 190 valence electrons. The summed E-state index contributed by atoms with van der Waals surface area (Å²) in [6.45, 7) is 3.63. The van der Waals surface area contributed by atoms with Crippen LogP contribution in [0.3, 0.4) is 0 Å². The van der Waals surface area contributed by atoms with E-state index in [2.05, 4.69) is 31.2 Å². The predicted molar refractivity (Wildman–Crippen MR) is 136 cm³/mol. The van der Waals surface area contributed by atoms with Crippen LogP contribution in [0.5, 0.6) is 0 Å². The fourth-order valence-corrected chi connectivity index (χ4v) is 6.72. The van der Waals surface area contributed by atoms with E-state index in [0.717, 1.165) is 44.3 Å². The fourth-order valence-electron chi connectivity index (χ4n) is 6.72. The van der Waals surface area contributed by atoms with Gasteiger partial charge in [-0.15, -0.1) is 12.4 Å². The van der Waals surface area contributed by atoms with E-state index in [1.165, 1.54) is 19.2 Å². The first kappa shape index (κ1) is 23.4. The molecule has 1 unspecified atom stereocenters. The van der Waals surface area contributed by atoms with Crippen molar-refractivity contribution < 1.29 is 9.59 Å². The highest BCUT2D eigenvalue weighted by Crippen LogP contribution is 2.59. The maximum atomic E-state index is 13.7. The Bertz CT molecular complexity index is 1320. The summed E-state index contributed by atoms with van der Waals surface area (Å²) < 4.78 is 1.69. The van der Waals surface area contributed by atoms with Crippen LogP contribution in [0.25, 0.3) is 0 Å². The normalized spacial score (nSPS) is 27.6. The Balaban J connectivity index is 0.00000240. The lowest BCUT2D eigenvalue weighted by Crippen LogP contribution is -2.50. The molecule has 3 saturated carbocycles. The van der Waals surface area contributed by atoms with Gasteiger partial charge < -0.3 is 21.3 Å². The number of aryl methyl sites for hydroxylation is 1. The molecule has 2 spiro atoms. The summed E-state index contributed by atoms with van der Waals surface area (Å²) in [5.74, 6) is 1.50. The first-order valence-corrected chi connectivity index (χ1v) is 12.6. The Morgan fingerprint density at radius 2 is 1.69 bits per heavy atom. The highest BCUT2D eigenvalue weighted by Gasteiger charge is 2.57. The van der Waals surface area contributed by atoms with Crippen LogP contribution < -0.4 is 26.8 Å². The Morgan fingerprint density at radius 1 is 1.03 bits per heavy atom. The van der Waals surface area contributed by atoms with Crippen molar-refractivity contribution in [2.45, 2.75) is 51.1 Å². The number of pyridine rings is 1. The molecule has 1 saturated heterocycles. The predicted octanol–water partition coefficient (Wildman–Crippen LogP) is 2.27. The third-order valence-corrected chi connectivity index (χ3v) is 9.05. The third kappa shape index (κ3) is 3.53. The standard InChI is InChI=1S/C25H29N7O3.ClH/c1-13-8-16(23(35)32-20(13)22(34)31-25(32)6-4-24(2-3-24)5-7-25)29-17-9-18(28-12-27-17)30-21(33)19-14-10-26-11-15(14)19;/h8-9,12,14-15,19,26H,2-7,10-11H2,1H3,(H,31,34)(H2,27,28,29,30,33);1H/t14-,15+,19?;. The summed E-state index contributed by atoms with van der Waals surface area (Å²) in [5, 5.41) is 12.5. The number of carbonyl (C=O) groups excluding carboxylic acids is 2. The van der Waals surface area contributed by atoms with Crippen molar-refractivity contribution in [3.63, 3.8) is 0 Å². The minimum Gasteiger partial charge on any atom is -0.336 e. The van der Waals surface area contributed by atoms with E-state index in [0.29, 0.717) is 40.3 Å². The second-order valence-corrected chi connectivity index (χ2v) is 11.1. The molecule has 4 heterocycles. The molecule has 2 aromatic heterocycles. The van der Waals surface area contributed by atoms with Crippen LogP contribution in [0.1, 0.15) is 54.6 Å². The average molecular weight is 512 g/mol. The van der Waals surface area contributed by atoms with Crippen LogP contribution in [0, 0.1) is 30.1 Å². The second kappa shape index (κ2) is 8.01. The number of rotatable bonds is 4. The van der Waals surface area contributed by atoms with Crippen molar-refractivity contribution in [3.05, 3.63) is 40.1 Å². The van der Waals surface area contributed by atoms with Gasteiger partial charge in [-0.3, -0.25) is 19.0 Å². The van der Waals surface area contributed by atoms with Gasteiger partial charge in [0.05, 0.1) is 0 Å². The first-order valence-electron chi connectivity index (χ1n) is 12.6. The Kier molecular flexibility index (Phi) is 5.21. The van der Waals surface area contributed by atoms with Crippen LogP contribution in [-0.4, -0.2) is 39.4 Å². The lowest BCUT2D eigenvalue weighted by atomic mass is 9.79. The zero-order chi connectivity index (χ0) is 23.9.